The van der Waals surface area contributed by atoms with E-state index >= 15 is 0 Å². The molecule has 1 aromatic carbocycles. The van der Waals surface area contributed by atoms with Crippen molar-refractivity contribution in [2.24, 2.45) is 4.99 Å². The van der Waals surface area contributed by atoms with E-state index < -0.39 is 11.7 Å². The third-order valence-electron chi connectivity index (χ3n) is 3.57. The minimum atomic E-state index is -4.34. The van der Waals surface area contributed by atoms with Crippen LogP contribution in [0.1, 0.15) is 42.6 Å². The molecule has 2 N–H and O–H groups in total. The van der Waals surface area contributed by atoms with Crippen molar-refractivity contribution < 1.29 is 13.2 Å². The van der Waals surface area contributed by atoms with Crippen molar-refractivity contribution in [3.05, 3.63) is 51.5 Å². The molecule has 0 amide bonds. The zero-order chi connectivity index (χ0) is 19.4. The topological polar surface area (TPSA) is 49.3 Å². The van der Waals surface area contributed by atoms with Crippen LogP contribution >= 0.6 is 35.3 Å². The molecule has 0 atom stereocenters. The third kappa shape index (κ3) is 7.28. The molecule has 4 nitrogen and oxygen atoms in total. The summed E-state index contributed by atoms with van der Waals surface area (Å²) in [4.78, 5) is 8.69. The molecule has 0 saturated heterocycles. The number of halogens is 4. The Morgan fingerprint density at radius 3 is 2.37 bits per heavy atom. The van der Waals surface area contributed by atoms with Gasteiger partial charge in [0.2, 0.25) is 0 Å². The highest BCUT2D eigenvalue weighted by Gasteiger charge is 2.30. The van der Waals surface area contributed by atoms with E-state index in [1.54, 1.807) is 24.5 Å². The van der Waals surface area contributed by atoms with Gasteiger partial charge in [-0.05, 0) is 17.7 Å². The molecule has 0 aliphatic rings. The molecule has 0 saturated carbocycles. The van der Waals surface area contributed by atoms with Gasteiger partial charge in [0.25, 0.3) is 0 Å². The summed E-state index contributed by atoms with van der Waals surface area (Å²) >= 11 is 1.61. The van der Waals surface area contributed by atoms with Crippen LogP contribution in [-0.2, 0) is 24.7 Å². The van der Waals surface area contributed by atoms with Gasteiger partial charge in [0, 0.05) is 24.4 Å². The molecular formula is C18H24F3IN4S. The quantitative estimate of drug-likeness (QED) is 0.347. The van der Waals surface area contributed by atoms with E-state index in [4.69, 9.17) is 0 Å². The first-order chi connectivity index (χ1) is 12.1. The fraction of sp³-hybridized carbons (Fsp3) is 0.444. The first-order valence-corrected chi connectivity index (χ1v) is 9.03. The minimum absolute atomic E-state index is 0. The predicted octanol–water partition coefficient (Wildman–Crippen LogP) is 4.94. The van der Waals surface area contributed by atoms with Gasteiger partial charge in [-0.25, -0.2) is 4.98 Å². The van der Waals surface area contributed by atoms with Crippen molar-refractivity contribution in [3.63, 3.8) is 0 Å². The number of benzene rings is 1. The molecule has 0 aliphatic heterocycles. The monoisotopic (exact) mass is 512 g/mol. The number of rotatable bonds is 4. The maximum atomic E-state index is 12.8. The summed E-state index contributed by atoms with van der Waals surface area (Å²) in [7, 11) is 1.61. The van der Waals surface area contributed by atoms with Gasteiger partial charge in [-0.15, -0.1) is 35.3 Å². The second-order valence-electron chi connectivity index (χ2n) is 6.87. The second kappa shape index (κ2) is 9.72. The molecule has 0 spiro atoms. The normalized spacial score (nSPS) is 12.5. The summed E-state index contributed by atoms with van der Waals surface area (Å²) in [6, 6.07) is 5.24. The Balaban J connectivity index is 0.00000364. The zero-order valence-corrected chi connectivity index (χ0v) is 18.8. The summed E-state index contributed by atoms with van der Waals surface area (Å²) in [6.07, 6.45) is -4.34. The predicted molar refractivity (Wildman–Crippen MR) is 115 cm³/mol. The highest BCUT2D eigenvalue weighted by atomic mass is 127. The fourth-order valence-electron chi connectivity index (χ4n) is 2.17. The second-order valence-corrected chi connectivity index (χ2v) is 7.73. The van der Waals surface area contributed by atoms with E-state index in [9.17, 15) is 13.2 Å². The summed E-state index contributed by atoms with van der Waals surface area (Å²) in [5, 5.41) is 9.20. The summed E-state index contributed by atoms with van der Waals surface area (Å²) in [5.74, 6) is 0.507. The van der Waals surface area contributed by atoms with Crippen LogP contribution in [0.15, 0.2) is 34.6 Å². The number of nitrogens with one attached hydrogen (secondary N) is 2. The van der Waals surface area contributed by atoms with Gasteiger partial charge in [0.15, 0.2) is 5.96 Å². The number of thiazole rings is 1. The standard InChI is InChI=1S/C18H23F3N4S.HI/c1-17(2,3)15-25-14(11-26-15)10-24-16(22-4)23-9-12-6-5-7-13(8-12)18(19,20)21;/h5-8,11H,9-10H2,1-4H3,(H2,22,23,24);1H. The van der Waals surface area contributed by atoms with Crippen LogP contribution in [-0.4, -0.2) is 18.0 Å². The van der Waals surface area contributed by atoms with Gasteiger partial charge in [0.1, 0.15) is 0 Å². The number of aliphatic imine (C=N–C) groups is 1. The lowest BCUT2D eigenvalue weighted by molar-refractivity contribution is -0.137. The Morgan fingerprint density at radius 2 is 1.81 bits per heavy atom. The van der Waals surface area contributed by atoms with Gasteiger partial charge in [-0.3, -0.25) is 4.99 Å². The molecule has 9 heteroatoms. The van der Waals surface area contributed by atoms with E-state index in [1.165, 1.54) is 6.07 Å². The Bertz CT molecular complexity index is 766. The first-order valence-electron chi connectivity index (χ1n) is 8.15. The average Bonchev–Trinajstić information content (AvgIpc) is 3.04. The van der Waals surface area contributed by atoms with Crippen LogP contribution in [0.5, 0.6) is 0 Å². The molecule has 2 rings (SSSR count). The van der Waals surface area contributed by atoms with Crippen molar-refractivity contribution >= 4 is 41.3 Å². The highest BCUT2D eigenvalue weighted by molar-refractivity contribution is 14.0. The Kier molecular flexibility index (Phi) is 8.52. The maximum Gasteiger partial charge on any atom is 0.416 e. The highest BCUT2D eigenvalue weighted by Crippen LogP contribution is 2.29. The number of hydrogen-bond donors (Lipinski definition) is 2. The average molecular weight is 512 g/mol. The molecule has 1 heterocycles. The van der Waals surface area contributed by atoms with Crippen LogP contribution in [0, 0.1) is 0 Å². The fourth-order valence-corrected chi connectivity index (χ4v) is 3.08. The molecule has 0 unspecified atom stereocenters. The van der Waals surface area contributed by atoms with Crippen LogP contribution in [0.2, 0.25) is 0 Å². The molecular weight excluding hydrogens is 488 g/mol. The van der Waals surface area contributed by atoms with E-state index in [0.29, 0.717) is 18.1 Å². The van der Waals surface area contributed by atoms with E-state index in [1.807, 2.05) is 5.38 Å². The van der Waals surface area contributed by atoms with Crippen LogP contribution in [0.25, 0.3) is 0 Å². The van der Waals surface area contributed by atoms with Crippen molar-refractivity contribution in [1.29, 1.82) is 0 Å². The zero-order valence-electron chi connectivity index (χ0n) is 15.6. The van der Waals surface area contributed by atoms with Gasteiger partial charge in [-0.2, -0.15) is 13.2 Å². The summed E-state index contributed by atoms with van der Waals surface area (Å²) in [6.45, 7) is 7.07. The number of nitrogens with zero attached hydrogens (tertiary/aromatic N) is 2. The molecule has 0 fully saturated rings. The van der Waals surface area contributed by atoms with Crippen LogP contribution in [0.3, 0.4) is 0 Å². The smallest absolute Gasteiger partial charge is 0.352 e. The Labute approximate surface area is 178 Å². The largest absolute Gasteiger partial charge is 0.416 e. The van der Waals surface area contributed by atoms with Crippen molar-refractivity contribution in [2.75, 3.05) is 7.05 Å². The van der Waals surface area contributed by atoms with E-state index in [2.05, 4.69) is 41.4 Å². The molecule has 0 radical (unpaired) electrons. The number of alkyl halides is 3. The Morgan fingerprint density at radius 1 is 1.15 bits per heavy atom. The SMILES string of the molecule is CN=C(NCc1cccc(C(F)(F)F)c1)NCc1csc(C(C)(C)C)n1.I. The number of guanidine groups is 1. The van der Waals surface area contributed by atoms with Crippen molar-refractivity contribution in [3.8, 4) is 0 Å². The lowest BCUT2D eigenvalue weighted by Gasteiger charge is -2.14. The van der Waals surface area contributed by atoms with Crippen molar-refractivity contribution in [1.82, 2.24) is 15.6 Å². The molecule has 1 aromatic heterocycles. The lowest BCUT2D eigenvalue weighted by atomic mass is 9.98. The first kappa shape index (κ1) is 23.7. The summed E-state index contributed by atoms with van der Waals surface area (Å²) < 4.78 is 38.3. The minimum Gasteiger partial charge on any atom is -0.352 e. The van der Waals surface area contributed by atoms with E-state index in [0.717, 1.165) is 22.8 Å². The van der Waals surface area contributed by atoms with Gasteiger partial charge in [-0.1, -0.05) is 32.9 Å². The summed E-state index contributed by atoms with van der Waals surface area (Å²) in [5.41, 5.74) is 0.789. The Hall–Kier alpha value is -1.36. The van der Waals surface area contributed by atoms with E-state index in [-0.39, 0.29) is 35.9 Å². The van der Waals surface area contributed by atoms with Crippen LogP contribution < -0.4 is 10.6 Å². The maximum absolute atomic E-state index is 12.8. The number of hydrogen-bond acceptors (Lipinski definition) is 3. The van der Waals surface area contributed by atoms with Gasteiger partial charge >= 0.3 is 6.18 Å². The molecule has 0 aliphatic carbocycles. The molecule has 150 valence electrons. The third-order valence-corrected chi connectivity index (χ3v) is 4.89. The van der Waals surface area contributed by atoms with Gasteiger partial charge < -0.3 is 10.6 Å². The molecule has 27 heavy (non-hydrogen) atoms. The number of aromatic nitrogens is 1. The molecule has 0 bridgehead atoms. The lowest BCUT2D eigenvalue weighted by Crippen LogP contribution is -2.36. The van der Waals surface area contributed by atoms with Crippen LogP contribution in [0.4, 0.5) is 13.2 Å². The molecule has 2 aromatic rings. The van der Waals surface area contributed by atoms with Crippen molar-refractivity contribution in [2.45, 2.75) is 45.5 Å². The van der Waals surface area contributed by atoms with Gasteiger partial charge in [0.05, 0.1) is 22.8 Å².